The first-order chi connectivity index (χ1) is 7.91. The molecule has 18 heavy (non-hydrogen) atoms. The van der Waals surface area contributed by atoms with Gasteiger partial charge in [0, 0.05) is 6.42 Å². The summed E-state index contributed by atoms with van der Waals surface area (Å²) in [5, 5.41) is 0. The summed E-state index contributed by atoms with van der Waals surface area (Å²) in [4.78, 5) is 35.9. The van der Waals surface area contributed by atoms with E-state index in [0.717, 1.165) is 0 Å². The molecule has 0 aromatic rings. The highest BCUT2D eigenvalue weighted by Crippen LogP contribution is 2.27. The average molecular weight is 256 g/mol. The van der Waals surface area contributed by atoms with E-state index in [-0.39, 0.29) is 18.1 Å². The Morgan fingerprint density at radius 3 is 1.78 bits per heavy atom. The number of carbonyl (C=O) groups is 3. The number of ether oxygens (including phenoxy) is 1. The molecule has 0 N–H and O–H groups in total. The highest BCUT2D eigenvalue weighted by atomic mass is 16.6. The molecule has 0 heterocycles. The zero-order chi connectivity index (χ0) is 14.7. The van der Waals surface area contributed by atoms with Crippen LogP contribution in [0.15, 0.2) is 0 Å². The van der Waals surface area contributed by atoms with Crippen molar-refractivity contribution in [2.75, 3.05) is 0 Å². The molecule has 0 rings (SSSR count). The Morgan fingerprint density at radius 2 is 1.50 bits per heavy atom. The second kappa shape index (κ2) is 5.63. The molecule has 104 valence electrons. The maximum Gasteiger partial charge on any atom is 0.327 e. The Balaban J connectivity index is 5.22. The Kier molecular flexibility index (Phi) is 5.26. The van der Waals surface area contributed by atoms with E-state index in [1.165, 1.54) is 13.8 Å². The van der Waals surface area contributed by atoms with Gasteiger partial charge in [-0.2, -0.15) is 0 Å². The van der Waals surface area contributed by atoms with Crippen molar-refractivity contribution in [1.82, 2.24) is 0 Å². The van der Waals surface area contributed by atoms with Gasteiger partial charge in [0.25, 0.3) is 0 Å². The second-order valence-corrected chi connectivity index (χ2v) is 6.20. The lowest BCUT2D eigenvalue weighted by atomic mass is 9.78. The highest BCUT2D eigenvalue weighted by molar-refractivity contribution is 6.21. The topological polar surface area (TPSA) is 60.4 Å². The maximum absolute atomic E-state index is 12.1. The summed E-state index contributed by atoms with van der Waals surface area (Å²) in [6.07, 6.45) is 0.190. The van der Waals surface area contributed by atoms with Gasteiger partial charge in [0.1, 0.15) is 5.60 Å². The van der Waals surface area contributed by atoms with Crippen LogP contribution in [0.25, 0.3) is 0 Å². The van der Waals surface area contributed by atoms with Gasteiger partial charge in [-0.15, -0.1) is 0 Å². The van der Waals surface area contributed by atoms with Crippen molar-refractivity contribution < 1.29 is 19.1 Å². The lowest BCUT2D eigenvalue weighted by molar-refractivity contribution is -0.171. The zero-order valence-electron chi connectivity index (χ0n) is 12.4. The molecule has 1 unspecified atom stereocenters. The lowest BCUT2D eigenvalue weighted by Crippen LogP contribution is -2.46. The van der Waals surface area contributed by atoms with Gasteiger partial charge in [-0.05, 0) is 40.5 Å². The van der Waals surface area contributed by atoms with Gasteiger partial charge < -0.3 is 4.74 Å². The molecule has 0 aromatic carbocycles. The molecule has 0 bridgehead atoms. The minimum absolute atomic E-state index is 0.0959. The number of rotatable bonds is 5. The summed E-state index contributed by atoms with van der Waals surface area (Å²) in [6, 6.07) is 0. The number of hydrogen-bond acceptors (Lipinski definition) is 4. The van der Waals surface area contributed by atoms with E-state index in [4.69, 9.17) is 4.74 Å². The molecule has 0 fully saturated rings. The SMILES string of the molecule is CC(=O)C(C)(C(=O)CC(C)C)C(=O)OC(C)(C)C. The van der Waals surface area contributed by atoms with Crippen LogP contribution in [0, 0.1) is 11.3 Å². The number of carbonyl (C=O) groups excluding carboxylic acids is 3. The Labute approximate surface area is 109 Å². The van der Waals surface area contributed by atoms with Crippen molar-refractivity contribution in [2.45, 2.75) is 60.5 Å². The molecular weight excluding hydrogens is 232 g/mol. The summed E-state index contributed by atoms with van der Waals surface area (Å²) in [6.45, 7) is 11.5. The predicted molar refractivity (Wildman–Crippen MR) is 69.1 cm³/mol. The molecule has 0 spiro atoms. The van der Waals surface area contributed by atoms with Crippen molar-refractivity contribution in [3.63, 3.8) is 0 Å². The molecule has 4 nitrogen and oxygen atoms in total. The fraction of sp³-hybridized carbons (Fsp3) is 0.786. The monoisotopic (exact) mass is 256 g/mol. The molecule has 0 aromatic heterocycles. The summed E-state index contributed by atoms with van der Waals surface area (Å²) in [5.74, 6) is -1.51. The third-order valence-electron chi connectivity index (χ3n) is 2.66. The van der Waals surface area contributed by atoms with Gasteiger partial charge in [-0.3, -0.25) is 14.4 Å². The van der Waals surface area contributed by atoms with Crippen LogP contribution in [0.2, 0.25) is 0 Å². The minimum atomic E-state index is -1.68. The summed E-state index contributed by atoms with van der Waals surface area (Å²) in [5.41, 5.74) is -2.40. The first-order valence-electron chi connectivity index (χ1n) is 6.19. The summed E-state index contributed by atoms with van der Waals surface area (Å²) < 4.78 is 5.19. The van der Waals surface area contributed by atoms with Crippen LogP contribution < -0.4 is 0 Å². The van der Waals surface area contributed by atoms with E-state index in [9.17, 15) is 14.4 Å². The van der Waals surface area contributed by atoms with Crippen LogP contribution in [0.4, 0.5) is 0 Å². The quantitative estimate of drug-likeness (QED) is 0.560. The third kappa shape index (κ3) is 4.24. The van der Waals surface area contributed by atoms with Gasteiger partial charge in [0.05, 0.1) is 0 Å². The summed E-state index contributed by atoms with van der Waals surface area (Å²) in [7, 11) is 0. The molecule has 0 saturated heterocycles. The van der Waals surface area contributed by atoms with Crippen LogP contribution in [-0.4, -0.2) is 23.1 Å². The fourth-order valence-corrected chi connectivity index (χ4v) is 1.41. The molecule has 0 aliphatic carbocycles. The third-order valence-corrected chi connectivity index (χ3v) is 2.66. The van der Waals surface area contributed by atoms with E-state index < -0.39 is 22.8 Å². The lowest BCUT2D eigenvalue weighted by Gasteiger charge is -2.28. The van der Waals surface area contributed by atoms with Crippen molar-refractivity contribution in [3.05, 3.63) is 0 Å². The van der Waals surface area contributed by atoms with Crippen LogP contribution in [-0.2, 0) is 19.1 Å². The van der Waals surface area contributed by atoms with Gasteiger partial charge in [0.15, 0.2) is 17.0 Å². The molecular formula is C14H24O4. The van der Waals surface area contributed by atoms with Gasteiger partial charge in [0.2, 0.25) is 0 Å². The first kappa shape index (κ1) is 16.8. The zero-order valence-corrected chi connectivity index (χ0v) is 12.4. The standard InChI is InChI=1S/C14H24O4/c1-9(2)8-11(16)14(7,10(3)15)12(17)18-13(4,5)6/h9H,8H2,1-7H3. The van der Waals surface area contributed by atoms with Gasteiger partial charge in [-0.25, -0.2) is 0 Å². The van der Waals surface area contributed by atoms with E-state index >= 15 is 0 Å². The Hall–Kier alpha value is -1.19. The smallest absolute Gasteiger partial charge is 0.327 e. The molecule has 0 aliphatic heterocycles. The van der Waals surface area contributed by atoms with Gasteiger partial charge >= 0.3 is 5.97 Å². The van der Waals surface area contributed by atoms with Crippen molar-refractivity contribution in [3.8, 4) is 0 Å². The first-order valence-corrected chi connectivity index (χ1v) is 6.19. The molecule has 0 aliphatic rings. The van der Waals surface area contributed by atoms with Crippen molar-refractivity contribution in [2.24, 2.45) is 11.3 Å². The van der Waals surface area contributed by atoms with Crippen molar-refractivity contribution >= 4 is 17.5 Å². The normalized spacial score (nSPS) is 15.1. The summed E-state index contributed by atoms with van der Waals surface area (Å²) >= 11 is 0. The number of ketones is 2. The second-order valence-electron chi connectivity index (χ2n) is 6.20. The molecule has 1 atom stereocenters. The fourth-order valence-electron chi connectivity index (χ4n) is 1.41. The van der Waals surface area contributed by atoms with E-state index in [2.05, 4.69) is 0 Å². The molecule has 0 radical (unpaired) electrons. The van der Waals surface area contributed by atoms with E-state index in [1.807, 2.05) is 13.8 Å². The Morgan fingerprint density at radius 1 is 1.06 bits per heavy atom. The highest BCUT2D eigenvalue weighted by Gasteiger charge is 2.47. The molecule has 0 amide bonds. The van der Waals surface area contributed by atoms with Crippen LogP contribution >= 0.6 is 0 Å². The van der Waals surface area contributed by atoms with E-state index in [0.29, 0.717) is 0 Å². The molecule has 0 saturated carbocycles. The van der Waals surface area contributed by atoms with Crippen LogP contribution in [0.5, 0.6) is 0 Å². The number of esters is 1. The predicted octanol–water partition coefficient (Wildman–Crippen LogP) is 2.54. The van der Waals surface area contributed by atoms with Crippen LogP contribution in [0.1, 0.15) is 54.9 Å². The van der Waals surface area contributed by atoms with Crippen molar-refractivity contribution in [1.29, 1.82) is 0 Å². The average Bonchev–Trinajstić information content (AvgIpc) is 2.11. The molecule has 4 heteroatoms. The van der Waals surface area contributed by atoms with Crippen LogP contribution in [0.3, 0.4) is 0 Å². The number of Topliss-reactive ketones (excluding diaryl/α,β-unsaturated/α-hetero) is 2. The minimum Gasteiger partial charge on any atom is -0.459 e. The maximum atomic E-state index is 12.1. The Bertz CT molecular complexity index is 349. The van der Waals surface area contributed by atoms with Gasteiger partial charge in [-0.1, -0.05) is 13.8 Å². The number of hydrogen-bond donors (Lipinski definition) is 0. The van der Waals surface area contributed by atoms with E-state index in [1.54, 1.807) is 20.8 Å². The largest absolute Gasteiger partial charge is 0.459 e.